The molecule has 0 aromatic heterocycles. The Morgan fingerprint density at radius 2 is 2.27 bits per heavy atom. The Morgan fingerprint density at radius 3 is 2.91 bits per heavy atom. The minimum absolute atomic E-state index is 0.0130. The summed E-state index contributed by atoms with van der Waals surface area (Å²) in [4.78, 5) is 21.0. The number of nitro benzene ring substituents is 1. The van der Waals surface area contributed by atoms with E-state index >= 15 is 0 Å². The van der Waals surface area contributed by atoms with E-state index in [0.717, 1.165) is 0 Å². The number of alkyl halides is 2. The van der Waals surface area contributed by atoms with Crippen LogP contribution in [0, 0.1) is 10.1 Å². The summed E-state index contributed by atoms with van der Waals surface area (Å²) in [5.41, 5.74) is 0.203. The quantitative estimate of drug-likeness (QED) is 0.515. The van der Waals surface area contributed by atoms with Crippen molar-refractivity contribution in [1.82, 2.24) is 5.32 Å². The summed E-state index contributed by atoms with van der Waals surface area (Å²) in [5, 5.41) is 13.7. The van der Waals surface area contributed by atoms with Gasteiger partial charge in [-0.1, -0.05) is 35.3 Å². The van der Waals surface area contributed by atoms with Gasteiger partial charge in [0, 0.05) is 30.7 Å². The van der Waals surface area contributed by atoms with Gasteiger partial charge in [-0.25, -0.2) is 0 Å². The van der Waals surface area contributed by atoms with Crippen molar-refractivity contribution in [2.24, 2.45) is 0 Å². The van der Waals surface area contributed by atoms with Crippen LogP contribution in [-0.2, 0) is 9.53 Å². The van der Waals surface area contributed by atoms with Gasteiger partial charge in [-0.3, -0.25) is 14.9 Å². The fraction of sp³-hybridized carbons (Fsp3) is 0.500. The molecule has 1 aromatic carbocycles. The molecule has 0 saturated carbocycles. The summed E-state index contributed by atoms with van der Waals surface area (Å²) in [7, 11) is 0. The standard InChI is InChI=1S/C14H16Cl2N2O4/c1-14(17-13(19)12(15)16)5-6-22-11(8-14)9-3-2-4-10(7-9)18(20)21/h2-4,7,11-12H,5-6,8H2,1H3,(H,17,19)/t11-,14-/m1/s1. The predicted molar refractivity (Wildman–Crippen MR) is 83.1 cm³/mol. The first kappa shape index (κ1) is 17.0. The van der Waals surface area contributed by atoms with Crippen LogP contribution in [0.25, 0.3) is 0 Å². The molecule has 0 unspecified atom stereocenters. The van der Waals surface area contributed by atoms with Gasteiger partial charge in [-0.15, -0.1) is 0 Å². The molecule has 1 heterocycles. The van der Waals surface area contributed by atoms with Crippen molar-refractivity contribution in [2.45, 2.75) is 36.2 Å². The van der Waals surface area contributed by atoms with Crippen LogP contribution in [0.2, 0.25) is 0 Å². The highest BCUT2D eigenvalue weighted by molar-refractivity contribution is 6.53. The molecule has 1 fully saturated rings. The molecule has 0 bridgehead atoms. The van der Waals surface area contributed by atoms with E-state index in [0.29, 0.717) is 25.0 Å². The third-order valence-electron chi connectivity index (χ3n) is 3.68. The molecule has 1 aliphatic heterocycles. The number of non-ortho nitro benzene ring substituents is 1. The fourth-order valence-electron chi connectivity index (χ4n) is 2.51. The first-order valence-corrected chi connectivity index (χ1v) is 7.64. The van der Waals surface area contributed by atoms with E-state index < -0.39 is 21.2 Å². The lowest BCUT2D eigenvalue weighted by atomic mass is 9.86. The van der Waals surface area contributed by atoms with Crippen molar-refractivity contribution in [3.63, 3.8) is 0 Å². The Labute approximate surface area is 137 Å². The monoisotopic (exact) mass is 346 g/mol. The maximum absolute atomic E-state index is 11.7. The van der Waals surface area contributed by atoms with Crippen molar-refractivity contribution >= 4 is 34.8 Å². The lowest BCUT2D eigenvalue weighted by Crippen LogP contribution is -2.51. The summed E-state index contributed by atoms with van der Waals surface area (Å²) < 4.78 is 5.70. The lowest BCUT2D eigenvalue weighted by molar-refractivity contribution is -0.385. The first-order chi connectivity index (χ1) is 10.3. The van der Waals surface area contributed by atoms with E-state index in [1.54, 1.807) is 12.1 Å². The smallest absolute Gasteiger partial charge is 0.269 e. The van der Waals surface area contributed by atoms with Crippen molar-refractivity contribution in [1.29, 1.82) is 0 Å². The van der Waals surface area contributed by atoms with E-state index in [1.165, 1.54) is 12.1 Å². The Hall–Kier alpha value is -1.37. The van der Waals surface area contributed by atoms with E-state index in [2.05, 4.69) is 5.32 Å². The highest BCUT2D eigenvalue weighted by Crippen LogP contribution is 2.35. The molecule has 1 amide bonds. The number of carbonyl (C=O) groups excluding carboxylic acids is 1. The van der Waals surface area contributed by atoms with Crippen molar-refractivity contribution in [2.75, 3.05) is 6.61 Å². The van der Waals surface area contributed by atoms with Gasteiger partial charge in [0.05, 0.1) is 11.0 Å². The fourth-order valence-corrected chi connectivity index (χ4v) is 2.62. The molecule has 1 N–H and O–H groups in total. The highest BCUT2D eigenvalue weighted by Gasteiger charge is 2.36. The summed E-state index contributed by atoms with van der Waals surface area (Å²) in [5.74, 6) is -0.453. The predicted octanol–water partition coefficient (Wildman–Crippen LogP) is 3.12. The number of benzene rings is 1. The second-order valence-corrected chi connectivity index (χ2v) is 6.61. The zero-order chi connectivity index (χ0) is 16.3. The normalized spacial score (nSPS) is 25.0. The summed E-state index contributed by atoms with van der Waals surface area (Å²) in [6.45, 7) is 2.31. The highest BCUT2D eigenvalue weighted by atomic mass is 35.5. The van der Waals surface area contributed by atoms with Gasteiger partial charge in [0.15, 0.2) is 4.84 Å². The molecule has 1 aromatic rings. The Bertz CT molecular complexity index is 582. The van der Waals surface area contributed by atoms with Crippen LogP contribution in [0.1, 0.15) is 31.4 Å². The SMILES string of the molecule is C[C@@]1(NC(=O)C(Cl)Cl)CCO[C@@H](c2cccc([N+](=O)[O-])c2)C1. The van der Waals surface area contributed by atoms with Crippen LogP contribution in [0.3, 0.4) is 0 Å². The minimum Gasteiger partial charge on any atom is -0.373 e. The summed E-state index contributed by atoms with van der Waals surface area (Å²) in [6.07, 6.45) is 0.772. The van der Waals surface area contributed by atoms with Gasteiger partial charge >= 0.3 is 0 Å². The number of hydrogen-bond acceptors (Lipinski definition) is 4. The third kappa shape index (κ3) is 4.09. The number of ether oxygens (including phenoxy) is 1. The molecule has 1 saturated heterocycles. The van der Waals surface area contributed by atoms with Crippen LogP contribution < -0.4 is 5.32 Å². The number of nitrogens with one attached hydrogen (secondary N) is 1. The maximum atomic E-state index is 11.7. The average molecular weight is 347 g/mol. The van der Waals surface area contributed by atoms with Gasteiger partial charge in [-0.05, 0) is 18.9 Å². The second-order valence-electron chi connectivity index (χ2n) is 5.52. The second kappa shape index (κ2) is 6.81. The number of amides is 1. The zero-order valence-electron chi connectivity index (χ0n) is 11.9. The lowest BCUT2D eigenvalue weighted by Gasteiger charge is -2.39. The average Bonchev–Trinajstić information content (AvgIpc) is 2.46. The van der Waals surface area contributed by atoms with E-state index in [1.807, 2.05) is 6.92 Å². The van der Waals surface area contributed by atoms with E-state index in [4.69, 9.17) is 27.9 Å². The van der Waals surface area contributed by atoms with Crippen LogP contribution in [0.15, 0.2) is 24.3 Å². The van der Waals surface area contributed by atoms with Crippen molar-refractivity contribution in [3.05, 3.63) is 39.9 Å². The molecule has 8 heteroatoms. The first-order valence-electron chi connectivity index (χ1n) is 6.77. The largest absolute Gasteiger partial charge is 0.373 e. The zero-order valence-corrected chi connectivity index (χ0v) is 13.4. The van der Waals surface area contributed by atoms with Gasteiger partial charge in [0.1, 0.15) is 0 Å². The Kier molecular flexibility index (Phi) is 5.26. The molecule has 1 aliphatic rings. The number of hydrogen-bond donors (Lipinski definition) is 1. The summed E-state index contributed by atoms with van der Waals surface area (Å²) in [6, 6.07) is 6.31. The number of nitro groups is 1. The summed E-state index contributed by atoms with van der Waals surface area (Å²) >= 11 is 11.1. The molecule has 0 aliphatic carbocycles. The molecule has 2 atom stereocenters. The van der Waals surface area contributed by atoms with Crippen molar-refractivity contribution < 1.29 is 14.5 Å². The number of rotatable bonds is 4. The molecule has 120 valence electrons. The van der Waals surface area contributed by atoms with Gasteiger partial charge < -0.3 is 10.1 Å². The Balaban J connectivity index is 2.14. The van der Waals surface area contributed by atoms with Crippen LogP contribution >= 0.6 is 23.2 Å². The maximum Gasteiger partial charge on any atom is 0.269 e. The number of nitrogens with zero attached hydrogens (tertiary/aromatic N) is 1. The topological polar surface area (TPSA) is 81.5 Å². The molecule has 22 heavy (non-hydrogen) atoms. The van der Waals surface area contributed by atoms with Crippen LogP contribution in [-0.4, -0.2) is 27.8 Å². The minimum atomic E-state index is -1.13. The number of carbonyl (C=O) groups is 1. The molecule has 2 rings (SSSR count). The third-order valence-corrected chi connectivity index (χ3v) is 4.08. The van der Waals surface area contributed by atoms with Gasteiger partial charge in [-0.2, -0.15) is 0 Å². The van der Waals surface area contributed by atoms with Crippen molar-refractivity contribution in [3.8, 4) is 0 Å². The van der Waals surface area contributed by atoms with E-state index in [9.17, 15) is 14.9 Å². The van der Waals surface area contributed by atoms with Gasteiger partial charge in [0.25, 0.3) is 11.6 Å². The Morgan fingerprint density at radius 1 is 1.55 bits per heavy atom. The molecule has 0 spiro atoms. The number of halogens is 2. The molecular weight excluding hydrogens is 331 g/mol. The molecular formula is C14H16Cl2N2O4. The van der Waals surface area contributed by atoms with Crippen LogP contribution in [0.5, 0.6) is 0 Å². The van der Waals surface area contributed by atoms with Gasteiger partial charge in [0.2, 0.25) is 0 Å². The van der Waals surface area contributed by atoms with Crippen LogP contribution in [0.4, 0.5) is 5.69 Å². The van der Waals surface area contributed by atoms with E-state index in [-0.39, 0.29) is 11.8 Å². The molecule has 6 nitrogen and oxygen atoms in total. The molecule has 0 radical (unpaired) electrons.